The van der Waals surface area contributed by atoms with E-state index in [4.69, 9.17) is 4.74 Å². The Hall–Kier alpha value is -1.51. The number of hydrogen-bond acceptors (Lipinski definition) is 6. The minimum Gasteiger partial charge on any atom is -0.394 e. The van der Waals surface area contributed by atoms with Crippen LogP contribution in [0.15, 0.2) is 6.20 Å². The van der Waals surface area contributed by atoms with Gasteiger partial charge in [-0.15, -0.1) is 5.10 Å². The zero-order valence-corrected chi connectivity index (χ0v) is 15.1. The molecule has 8 nitrogen and oxygen atoms in total. The minimum absolute atomic E-state index is 0.0364. The molecule has 3 rings (SSSR count). The molecule has 8 heteroatoms. The number of rotatable bonds is 8. The topological polar surface area (TPSA) is 92.5 Å². The van der Waals surface area contributed by atoms with Crippen molar-refractivity contribution in [3.05, 3.63) is 11.9 Å². The van der Waals surface area contributed by atoms with Crippen LogP contribution in [-0.4, -0.2) is 76.4 Å². The first-order chi connectivity index (χ1) is 12.0. The Labute approximate surface area is 148 Å². The van der Waals surface area contributed by atoms with Gasteiger partial charge < -0.3 is 20.1 Å². The molecule has 0 spiro atoms. The van der Waals surface area contributed by atoms with Gasteiger partial charge in [-0.1, -0.05) is 5.21 Å². The summed E-state index contributed by atoms with van der Waals surface area (Å²) in [5, 5.41) is 21.0. The monoisotopic (exact) mass is 351 g/mol. The molecule has 0 unspecified atom stereocenters. The second-order valence-electron chi connectivity index (χ2n) is 7.44. The highest BCUT2D eigenvalue weighted by atomic mass is 16.5. The molecule has 0 radical (unpaired) electrons. The van der Waals surface area contributed by atoms with Crippen LogP contribution < -0.4 is 5.32 Å². The maximum atomic E-state index is 11.9. The standard InChI is InChI=1S/C17H29N5O3/c1-21(2)10-17(24)18-14-6-5-13(25-16(14)11-23)7-8-22-9-15(19-20-22)12-3-4-12/h9,12-14,16,23H,3-8,10-11H2,1-2H3,(H,18,24)/t13-,14+,16+/m1/s1. The fourth-order valence-corrected chi connectivity index (χ4v) is 3.31. The van der Waals surface area contributed by atoms with E-state index in [1.54, 1.807) is 0 Å². The van der Waals surface area contributed by atoms with Gasteiger partial charge in [-0.05, 0) is 46.2 Å². The van der Waals surface area contributed by atoms with Gasteiger partial charge in [0.1, 0.15) is 6.10 Å². The van der Waals surface area contributed by atoms with Crippen LogP contribution in [0.5, 0.6) is 0 Å². The Morgan fingerprint density at radius 2 is 2.20 bits per heavy atom. The van der Waals surface area contributed by atoms with Gasteiger partial charge in [-0.2, -0.15) is 0 Å². The highest BCUT2D eigenvalue weighted by Crippen LogP contribution is 2.38. The summed E-state index contributed by atoms with van der Waals surface area (Å²) in [6, 6.07) is -0.124. The second kappa shape index (κ2) is 8.25. The molecule has 2 heterocycles. The number of aliphatic hydroxyl groups is 1. The predicted octanol–water partition coefficient (Wildman–Crippen LogP) is 0.132. The summed E-state index contributed by atoms with van der Waals surface area (Å²) in [6.07, 6.45) is 6.74. The van der Waals surface area contributed by atoms with E-state index < -0.39 is 0 Å². The van der Waals surface area contributed by atoms with Crippen molar-refractivity contribution in [3.63, 3.8) is 0 Å². The van der Waals surface area contributed by atoms with Gasteiger partial charge in [0.25, 0.3) is 0 Å². The lowest BCUT2D eigenvalue weighted by molar-refractivity contribution is -0.129. The van der Waals surface area contributed by atoms with Crippen LogP contribution >= 0.6 is 0 Å². The first-order valence-corrected chi connectivity index (χ1v) is 9.15. The van der Waals surface area contributed by atoms with E-state index in [2.05, 4.69) is 15.6 Å². The Kier molecular flexibility index (Phi) is 6.03. The van der Waals surface area contributed by atoms with Crippen LogP contribution in [-0.2, 0) is 16.1 Å². The lowest BCUT2D eigenvalue weighted by Gasteiger charge is -2.36. The van der Waals surface area contributed by atoms with Crippen molar-refractivity contribution >= 4 is 5.91 Å². The van der Waals surface area contributed by atoms with Crippen molar-refractivity contribution < 1.29 is 14.6 Å². The molecule has 0 aromatic carbocycles. The summed E-state index contributed by atoms with van der Waals surface area (Å²) in [6.45, 7) is 1.02. The number of ether oxygens (including phenoxy) is 1. The number of hydrogen-bond donors (Lipinski definition) is 2. The number of nitrogens with one attached hydrogen (secondary N) is 1. The zero-order chi connectivity index (χ0) is 17.8. The number of carbonyl (C=O) groups excluding carboxylic acids is 1. The Balaban J connectivity index is 1.44. The van der Waals surface area contributed by atoms with E-state index in [-0.39, 0.29) is 30.8 Å². The number of aryl methyl sites for hydroxylation is 1. The van der Waals surface area contributed by atoms with Gasteiger partial charge in [-0.3, -0.25) is 9.48 Å². The Bertz CT molecular complexity index is 572. The fraction of sp³-hybridized carbons (Fsp3) is 0.824. The molecule has 1 aliphatic carbocycles. The number of likely N-dealkylation sites (N-methyl/N-ethyl adjacent to an activating group) is 1. The van der Waals surface area contributed by atoms with Crippen LogP contribution in [0.4, 0.5) is 0 Å². The van der Waals surface area contributed by atoms with Gasteiger partial charge in [0.05, 0.1) is 31.0 Å². The van der Waals surface area contributed by atoms with Crippen molar-refractivity contribution in [3.8, 4) is 0 Å². The van der Waals surface area contributed by atoms with Crippen molar-refractivity contribution in [2.24, 2.45) is 0 Å². The van der Waals surface area contributed by atoms with E-state index >= 15 is 0 Å². The quantitative estimate of drug-likeness (QED) is 0.692. The summed E-state index contributed by atoms with van der Waals surface area (Å²) in [7, 11) is 3.71. The molecular formula is C17H29N5O3. The highest BCUT2D eigenvalue weighted by Gasteiger charge is 2.32. The number of aromatic nitrogens is 3. The molecule has 3 atom stereocenters. The second-order valence-corrected chi connectivity index (χ2v) is 7.44. The molecule has 140 valence electrons. The first-order valence-electron chi connectivity index (χ1n) is 9.15. The van der Waals surface area contributed by atoms with Crippen LogP contribution in [0.1, 0.15) is 43.7 Å². The van der Waals surface area contributed by atoms with Crippen LogP contribution in [0.25, 0.3) is 0 Å². The predicted molar refractivity (Wildman–Crippen MR) is 92.1 cm³/mol. The van der Waals surface area contributed by atoms with Gasteiger partial charge in [0.2, 0.25) is 5.91 Å². The average molecular weight is 351 g/mol. The number of aliphatic hydroxyl groups excluding tert-OH is 1. The third kappa shape index (κ3) is 5.23. The fourth-order valence-electron chi connectivity index (χ4n) is 3.31. The maximum absolute atomic E-state index is 11.9. The molecule has 1 saturated carbocycles. The highest BCUT2D eigenvalue weighted by molar-refractivity contribution is 5.78. The van der Waals surface area contributed by atoms with Crippen LogP contribution in [0, 0.1) is 0 Å². The number of carbonyl (C=O) groups is 1. The lowest BCUT2D eigenvalue weighted by Crippen LogP contribution is -2.52. The molecule has 1 amide bonds. The number of amides is 1. The summed E-state index contributed by atoms with van der Waals surface area (Å²) in [4.78, 5) is 13.8. The number of nitrogens with zero attached hydrogens (tertiary/aromatic N) is 4. The third-order valence-corrected chi connectivity index (χ3v) is 4.83. The molecule has 2 fully saturated rings. The smallest absolute Gasteiger partial charge is 0.234 e. The van der Waals surface area contributed by atoms with Crippen molar-refractivity contribution in [1.29, 1.82) is 0 Å². The molecule has 0 bridgehead atoms. The van der Waals surface area contributed by atoms with Crippen LogP contribution in [0.3, 0.4) is 0 Å². The molecule has 1 aromatic rings. The summed E-state index contributed by atoms with van der Waals surface area (Å²) in [5.74, 6) is 0.579. The van der Waals surface area contributed by atoms with E-state index in [0.29, 0.717) is 12.5 Å². The summed E-state index contributed by atoms with van der Waals surface area (Å²) in [5.41, 5.74) is 1.10. The third-order valence-electron chi connectivity index (χ3n) is 4.83. The SMILES string of the molecule is CN(C)CC(=O)N[C@H]1CC[C@H](CCn2cc(C3CC3)nn2)O[C@H]1CO. The first kappa shape index (κ1) is 18.3. The molecule has 2 N–H and O–H groups in total. The largest absolute Gasteiger partial charge is 0.394 e. The van der Waals surface area contributed by atoms with Gasteiger partial charge in [-0.25, -0.2) is 0 Å². The van der Waals surface area contributed by atoms with Crippen molar-refractivity contribution in [2.75, 3.05) is 27.2 Å². The van der Waals surface area contributed by atoms with Crippen molar-refractivity contribution in [2.45, 2.75) is 62.8 Å². The van der Waals surface area contributed by atoms with E-state index in [1.807, 2.05) is 29.9 Å². The van der Waals surface area contributed by atoms with E-state index in [0.717, 1.165) is 31.5 Å². The summed E-state index contributed by atoms with van der Waals surface area (Å²) < 4.78 is 7.89. The van der Waals surface area contributed by atoms with Crippen LogP contribution in [0.2, 0.25) is 0 Å². The normalized spacial score (nSPS) is 26.8. The molecule has 1 aromatic heterocycles. The summed E-state index contributed by atoms with van der Waals surface area (Å²) >= 11 is 0. The molecular weight excluding hydrogens is 322 g/mol. The lowest BCUT2D eigenvalue weighted by atomic mass is 9.97. The Morgan fingerprint density at radius 1 is 1.40 bits per heavy atom. The average Bonchev–Trinajstić information content (AvgIpc) is 3.32. The maximum Gasteiger partial charge on any atom is 0.234 e. The molecule has 1 aliphatic heterocycles. The molecule has 2 aliphatic rings. The minimum atomic E-state index is -0.345. The Morgan fingerprint density at radius 3 is 2.88 bits per heavy atom. The molecule has 25 heavy (non-hydrogen) atoms. The zero-order valence-electron chi connectivity index (χ0n) is 15.1. The van der Waals surface area contributed by atoms with E-state index in [9.17, 15) is 9.90 Å². The van der Waals surface area contributed by atoms with Crippen molar-refractivity contribution in [1.82, 2.24) is 25.2 Å². The molecule has 1 saturated heterocycles. The van der Waals surface area contributed by atoms with E-state index in [1.165, 1.54) is 12.8 Å². The van der Waals surface area contributed by atoms with Gasteiger partial charge >= 0.3 is 0 Å². The van der Waals surface area contributed by atoms with Gasteiger partial charge in [0, 0.05) is 18.7 Å². The van der Waals surface area contributed by atoms with Gasteiger partial charge in [0.15, 0.2) is 0 Å².